The van der Waals surface area contributed by atoms with Gasteiger partial charge in [-0.3, -0.25) is 10.1 Å². The lowest BCUT2D eigenvalue weighted by atomic mass is 10.1. The summed E-state index contributed by atoms with van der Waals surface area (Å²) < 4.78 is 54.5. The number of rotatable bonds is 5. The number of ether oxygens (including phenoxy) is 1. The molecule has 2 aromatic heterocycles. The molecule has 138 valence electrons. The van der Waals surface area contributed by atoms with Crippen LogP contribution in [0, 0.1) is 6.92 Å². The first-order valence-corrected chi connectivity index (χ1v) is 9.39. The van der Waals surface area contributed by atoms with Crippen molar-refractivity contribution in [1.29, 1.82) is 0 Å². The minimum Gasteiger partial charge on any atom is -0.415 e. The number of fused-ring (bicyclic) bond motifs is 1. The van der Waals surface area contributed by atoms with E-state index in [1.807, 2.05) is 0 Å². The van der Waals surface area contributed by atoms with E-state index in [0.717, 1.165) is 0 Å². The molecule has 0 spiro atoms. The van der Waals surface area contributed by atoms with E-state index in [2.05, 4.69) is 19.9 Å². The number of halogens is 2. The van der Waals surface area contributed by atoms with Gasteiger partial charge in [0.2, 0.25) is 5.88 Å². The smallest absolute Gasteiger partial charge is 0.388 e. The number of hydrogen-bond donors (Lipinski definition) is 1. The van der Waals surface area contributed by atoms with Gasteiger partial charge in [0, 0.05) is 11.8 Å². The molecule has 0 fully saturated rings. The number of aromatic nitrogens is 3. The molecule has 0 bridgehead atoms. The summed E-state index contributed by atoms with van der Waals surface area (Å²) in [6, 6.07) is 6.36. The summed E-state index contributed by atoms with van der Waals surface area (Å²) in [5.74, 6) is -0.255. The highest BCUT2D eigenvalue weighted by molar-refractivity contribution is 7.92. The molecule has 6 nitrogen and oxygen atoms in total. The number of pyridine rings is 1. The largest absolute Gasteiger partial charge is 0.415 e. The lowest BCUT2D eigenvalue weighted by Crippen LogP contribution is -2.15. The monoisotopic (exact) mass is 381 g/mol. The molecule has 9 heteroatoms. The molecule has 0 unspecified atom stereocenters. The summed E-state index contributed by atoms with van der Waals surface area (Å²) in [4.78, 5) is 4.49. The van der Waals surface area contributed by atoms with Crippen molar-refractivity contribution in [2.75, 3.05) is 0 Å². The summed E-state index contributed by atoms with van der Waals surface area (Å²) in [5, 5.41) is 6.15. The minimum absolute atomic E-state index is 0.236. The van der Waals surface area contributed by atoms with E-state index >= 15 is 0 Å². The normalized spacial score (nSPS) is 12.3. The number of nitrogens with zero attached hydrogens (tertiary/aromatic N) is 2. The summed E-state index contributed by atoms with van der Waals surface area (Å²) in [6.45, 7) is 1.90. The molecular formula is C17H17F2N3O3S. The Morgan fingerprint density at radius 3 is 2.54 bits per heavy atom. The third kappa shape index (κ3) is 3.14. The van der Waals surface area contributed by atoms with Gasteiger partial charge in [0.1, 0.15) is 0 Å². The topological polar surface area (TPSA) is 84.9 Å². The third-order valence-corrected chi connectivity index (χ3v) is 6.33. The predicted molar refractivity (Wildman–Crippen MR) is 93.0 cm³/mol. The van der Waals surface area contributed by atoms with Crippen LogP contribution in [0.2, 0.25) is 0 Å². The second-order valence-corrected chi connectivity index (χ2v) is 8.54. The van der Waals surface area contributed by atoms with E-state index in [0.29, 0.717) is 27.7 Å². The van der Waals surface area contributed by atoms with Gasteiger partial charge < -0.3 is 4.74 Å². The molecule has 0 aliphatic heterocycles. The van der Waals surface area contributed by atoms with Crippen molar-refractivity contribution in [3.05, 3.63) is 36.0 Å². The number of aromatic amines is 1. The van der Waals surface area contributed by atoms with Crippen molar-refractivity contribution in [3.63, 3.8) is 0 Å². The molecule has 0 radical (unpaired) electrons. The van der Waals surface area contributed by atoms with Gasteiger partial charge >= 0.3 is 6.61 Å². The maximum atomic E-state index is 12.6. The number of aryl methyl sites for hydroxylation is 1. The fraction of sp³-hybridized carbons (Fsp3) is 0.294. The highest BCUT2D eigenvalue weighted by Gasteiger charge is 2.23. The van der Waals surface area contributed by atoms with E-state index in [9.17, 15) is 17.2 Å². The van der Waals surface area contributed by atoms with E-state index in [-0.39, 0.29) is 10.8 Å². The SMILES string of the molecule is Cc1cc(-c2nccc3[nH]nc(OC(F)F)c23)ccc1S(=O)(=O)C(C)C. The zero-order chi connectivity index (χ0) is 19.1. The molecule has 0 saturated carbocycles. The molecule has 3 aromatic rings. The molecule has 0 aliphatic carbocycles. The zero-order valence-electron chi connectivity index (χ0n) is 14.3. The Morgan fingerprint density at radius 1 is 1.19 bits per heavy atom. The molecule has 2 heterocycles. The van der Waals surface area contributed by atoms with Crippen molar-refractivity contribution in [1.82, 2.24) is 15.2 Å². The van der Waals surface area contributed by atoms with Crippen LogP contribution in [0.15, 0.2) is 35.4 Å². The zero-order valence-corrected chi connectivity index (χ0v) is 15.1. The van der Waals surface area contributed by atoms with Gasteiger partial charge in [0.05, 0.1) is 26.7 Å². The van der Waals surface area contributed by atoms with Crippen LogP contribution < -0.4 is 4.74 Å². The van der Waals surface area contributed by atoms with Crippen LogP contribution in [-0.2, 0) is 9.84 Å². The van der Waals surface area contributed by atoms with Crippen LogP contribution in [0.3, 0.4) is 0 Å². The Morgan fingerprint density at radius 2 is 1.92 bits per heavy atom. The summed E-state index contributed by atoms with van der Waals surface area (Å²) in [7, 11) is -3.43. The quantitative estimate of drug-likeness (QED) is 0.728. The van der Waals surface area contributed by atoms with Crippen LogP contribution in [0.4, 0.5) is 8.78 Å². The lowest BCUT2D eigenvalue weighted by molar-refractivity contribution is -0.0518. The van der Waals surface area contributed by atoms with Crippen molar-refractivity contribution in [2.24, 2.45) is 0 Å². The first-order valence-electron chi connectivity index (χ1n) is 7.84. The Bertz CT molecular complexity index is 1060. The average molecular weight is 381 g/mol. The summed E-state index contributed by atoms with van der Waals surface area (Å²) >= 11 is 0. The van der Waals surface area contributed by atoms with E-state index in [1.165, 1.54) is 12.3 Å². The number of benzene rings is 1. The number of sulfone groups is 1. The number of alkyl halides is 2. The van der Waals surface area contributed by atoms with Gasteiger partial charge in [-0.05, 0) is 44.5 Å². The molecule has 1 aromatic carbocycles. The summed E-state index contributed by atoms with van der Waals surface area (Å²) in [6.07, 6.45) is 1.51. The number of H-pyrrole nitrogens is 1. The Balaban J connectivity index is 2.16. The maximum absolute atomic E-state index is 12.6. The van der Waals surface area contributed by atoms with Crippen LogP contribution in [0.1, 0.15) is 19.4 Å². The molecule has 0 amide bonds. The van der Waals surface area contributed by atoms with Crippen LogP contribution >= 0.6 is 0 Å². The predicted octanol–water partition coefficient (Wildman–Crippen LogP) is 3.72. The van der Waals surface area contributed by atoms with E-state index in [1.54, 1.807) is 39.0 Å². The van der Waals surface area contributed by atoms with Gasteiger partial charge in [-0.25, -0.2) is 8.42 Å². The average Bonchev–Trinajstić information content (AvgIpc) is 2.96. The highest BCUT2D eigenvalue weighted by Crippen LogP contribution is 2.34. The maximum Gasteiger partial charge on any atom is 0.388 e. The van der Waals surface area contributed by atoms with Crippen LogP contribution in [-0.4, -0.2) is 35.5 Å². The second-order valence-electron chi connectivity index (χ2n) is 6.06. The van der Waals surface area contributed by atoms with Crippen molar-refractivity contribution >= 4 is 20.7 Å². The standard InChI is InChI=1S/C17H17F2N3O3S/c1-9(2)26(23,24)13-5-4-11(8-10(13)3)15-14-12(6-7-20-15)21-22-16(14)25-17(18)19/h4-9,17H,1-3H3,(H,21,22). The number of hydrogen-bond acceptors (Lipinski definition) is 5. The molecular weight excluding hydrogens is 364 g/mol. The van der Waals surface area contributed by atoms with Crippen molar-refractivity contribution in [3.8, 4) is 17.1 Å². The Labute approximate surface area is 149 Å². The van der Waals surface area contributed by atoms with Crippen LogP contribution in [0.25, 0.3) is 22.2 Å². The van der Waals surface area contributed by atoms with Crippen LogP contribution in [0.5, 0.6) is 5.88 Å². The minimum atomic E-state index is -3.43. The van der Waals surface area contributed by atoms with Gasteiger partial charge in [-0.2, -0.15) is 8.78 Å². The molecule has 0 atom stereocenters. The van der Waals surface area contributed by atoms with Crippen molar-refractivity contribution in [2.45, 2.75) is 37.5 Å². The first kappa shape index (κ1) is 18.2. The number of nitrogens with one attached hydrogen (secondary N) is 1. The third-order valence-electron chi connectivity index (χ3n) is 4.02. The lowest BCUT2D eigenvalue weighted by Gasteiger charge is -2.12. The van der Waals surface area contributed by atoms with Gasteiger partial charge in [0.25, 0.3) is 0 Å². The van der Waals surface area contributed by atoms with Gasteiger partial charge in [-0.15, -0.1) is 5.10 Å². The molecule has 0 aliphatic rings. The highest BCUT2D eigenvalue weighted by atomic mass is 32.2. The second kappa shape index (κ2) is 6.64. The van der Waals surface area contributed by atoms with Gasteiger partial charge in [0.15, 0.2) is 9.84 Å². The van der Waals surface area contributed by atoms with Crippen molar-refractivity contribution < 1.29 is 21.9 Å². The molecule has 3 rings (SSSR count). The fourth-order valence-electron chi connectivity index (χ4n) is 2.70. The van der Waals surface area contributed by atoms with E-state index < -0.39 is 21.7 Å². The van der Waals surface area contributed by atoms with Gasteiger partial charge in [-0.1, -0.05) is 6.07 Å². The Hall–Kier alpha value is -2.55. The van der Waals surface area contributed by atoms with E-state index in [4.69, 9.17) is 0 Å². The molecule has 1 N–H and O–H groups in total. The molecule has 26 heavy (non-hydrogen) atoms. The Kier molecular flexibility index (Phi) is 4.66. The fourth-order valence-corrected chi connectivity index (χ4v) is 3.97. The summed E-state index contributed by atoms with van der Waals surface area (Å²) in [5.41, 5.74) is 2.00. The molecule has 0 saturated heterocycles. The first-order chi connectivity index (χ1) is 12.2.